The van der Waals surface area contributed by atoms with Gasteiger partial charge in [-0.05, 0) is 49.9 Å². The van der Waals surface area contributed by atoms with E-state index in [2.05, 4.69) is 5.32 Å². The van der Waals surface area contributed by atoms with Gasteiger partial charge in [-0.3, -0.25) is 14.5 Å². The Labute approximate surface area is 120 Å². The van der Waals surface area contributed by atoms with Gasteiger partial charge in [0.05, 0.1) is 0 Å². The predicted molar refractivity (Wildman–Crippen MR) is 79.6 cm³/mol. The average molecular weight is 274 g/mol. The first-order valence-corrected chi connectivity index (χ1v) is 7.03. The third-order valence-corrected chi connectivity index (χ3v) is 3.91. The third-order valence-electron chi connectivity index (χ3n) is 3.91. The number of nitrogens with one attached hydrogen (secondary N) is 1. The molecule has 4 nitrogen and oxygen atoms in total. The number of piperazine rings is 1. The van der Waals surface area contributed by atoms with Gasteiger partial charge in [-0.25, -0.2) is 0 Å². The van der Waals surface area contributed by atoms with Gasteiger partial charge < -0.3 is 5.32 Å². The Morgan fingerprint density at radius 1 is 1.15 bits per heavy atom. The molecule has 0 aliphatic carbocycles. The van der Waals surface area contributed by atoms with Crippen molar-refractivity contribution in [2.45, 2.75) is 46.7 Å². The maximum Gasteiger partial charge on any atom is 0.250 e. The molecule has 1 aliphatic heterocycles. The highest BCUT2D eigenvalue weighted by Crippen LogP contribution is 2.27. The van der Waals surface area contributed by atoms with Crippen LogP contribution in [-0.4, -0.2) is 23.9 Å². The number of hydrogen-bond acceptors (Lipinski definition) is 2. The number of benzene rings is 1. The molecule has 0 spiro atoms. The molecule has 0 bridgehead atoms. The van der Waals surface area contributed by atoms with Crippen molar-refractivity contribution in [2.75, 3.05) is 4.90 Å². The molecule has 20 heavy (non-hydrogen) atoms. The van der Waals surface area contributed by atoms with Gasteiger partial charge in [0, 0.05) is 5.69 Å². The quantitative estimate of drug-likeness (QED) is 0.898. The van der Waals surface area contributed by atoms with E-state index in [4.69, 9.17) is 0 Å². The van der Waals surface area contributed by atoms with Crippen molar-refractivity contribution < 1.29 is 9.59 Å². The number of nitrogens with zero attached hydrogens (tertiary/aromatic N) is 1. The van der Waals surface area contributed by atoms with Gasteiger partial charge >= 0.3 is 0 Å². The van der Waals surface area contributed by atoms with Gasteiger partial charge in [0.1, 0.15) is 12.1 Å². The Morgan fingerprint density at radius 2 is 1.80 bits per heavy atom. The highest BCUT2D eigenvalue weighted by Gasteiger charge is 2.41. The minimum absolute atomic E-state index is 0.0495. The van der Waals surface area contributed by atoms with Gasteiger partial charge in [-0.2, -0.15) is 0 Å². The molecule has 1 heterocycles. The van der Waals surface area contributed by atoms with Crippen molar-refractivity contribution in [3.05, 3.63) is 29.3 Å². The lowest BCUT2D eigenvalue weighted by molar-refractivity contribution is -0.134. The second-order valence-corrected chi connectivity index (χ2v) is 5.90. The third kappa shape index (κ3) is 2.42. The molecule has 2 amide bonds. The summed E-state index contributed by atoms with van der Waals surface area (Å²) < 4.78 is 0. The Balaban J connectivity index is 2.49. The predicted octanol–water partition coefficient (Wildman–Crippen LogP) is 2.18. The number of carbonyl (C=O) groups is 2. The first kappa shape index (κ1) is 14.6. The zero-order valence-corrected chi connectivity index (χ0v) is 12.7. The van der Waals surface area contributed by atoms with E-state index < -0.39 is 12.1 Å². The van der Waals surface area contributed by atoms with E-state index in [-0.39, 0.29) is 17.7 Å². The topological polar surface area (TPSA) is 49.4 Å². The lowest BCUT2D eigenvalue weighted by atomic mass is 9.96. The van der Waals surface area contributed by atoms with Crippen molar-refractivity contribution >= 4 is 17.5 Å². The smallest absolute Gasteiger partial charge is 0.250 e. The minimum Gasteiger partial charge on any atom is -0.343 e. The number of amides is 2. The summed E-state index contributed by atoms with van der Waals surface area (Å²) in [7, 11) is 0. The van der Waals surface area contributed by atoms with Crippen LogP contribution in [0.25, 0.3) is 0 Å². The number of carbonyl (C=O) groups excluding carboxylic acids is 2. The molecule has 0 aromatic heterocycles. The number of anilines is 1. The van der Waals surface area contributed by atoms with Crippen molar-refractivity contribution in [3.63, 3.8) is 0 Å². The molecule has 1 fully saturated rings. The van der Waals surface area contributed by atoms with Crippen LogP contribution in [0.5, 0.6) is 0 Å². The molecule has 2 unspecified atom stereocenters. The summed E-state index contributed by atoms with van der Waals surface area (Å²) >= 11 is 0. The molecule has 0 radical (unpaired) electrons. The first-order valence-electron chi connectivity index (χ1n) is 7.03. The van der Waals surface area contributed by atoms with Crippen molar-refractivity contribution in [1.82, 2.24) is 5.32 Å². The Hall–Kier alpha value is -1.84. The summed E-state index contributed by atoms with van der Waals surface area (Å²) in [6.45, 7) is 9.70. The molecule has 108 valence electrons. The van der Waals surface area contributed by atoms with Crippen LogP contribution in [0.15, 0.2) is 18.2 Å². The molecule has 1 aromatic rings. The van der Waals surface area contributed by atoms with Crippen LogP contribution in [0.2, 0.25) is 0 Å². The van der Waals surface area contributed by atoms with Gasteiger partial charge in [0.25, 0.3) is 0 Å². The second kappa shape index (κ2) is 5.27. The summed E-state index contributed by atoms with van der Waals surface area (Å²) in [4.78, 5) is 26.4. The SMILES string of the molecule is Cc1ccc(N2C(=O)C(C)NC(=O)C2C(C)C)cc1C. The van der Waals surface area contributed by atoms with Crippen LogP contribution in [0.1, 0.15) is 31.9 Å². The molecular weight excluding hydrogens is 252 g/mol. The van der Waals surface area contributed by atoms with Crippen molar-refractivity contribution in [2.24, 2.45) is 5.92 Å². The Kier molecular flexibility index (Phi) is 3.84. The van der Waals surface area contributed by atoms with Gasteiger partial charge in [-0.1, -0.05) is 19.9 Å². The normalized spacial score (nSPS) is 23.2. The summed E-state index contributed by atoms with van der Waals surface area (Å²) in [6, 6.07) is 4.97. The highest BCUT2D eigenvalue weighted by molar-refractivity contribution is 6.08. The fraction of sp³-hybridized carbons (Fsp3) is 0.500. The zero-order valence-electron chi connectivity index (χ0n) is 12.7. The van der Waals surface area contributed by atoms with Crippen molar-refractivity contribution in [1.29, 1.82) is 0 Å². The maximum atomic E-state index is 12.5. The van der Waals surface area contributed by atoms with Crippen LogP contribution < -0.4 is 10.2 Å². The molecule has 0 saturated carbocycles. The summed E-state index contributed by atoms with van der Waals surface area (Å²) in [5.41, 5.74) is 3.10. The van der Waals surface area contributed by atoms with E-state index in [1.807, 2.05) is 45.9 Å². The molecule has 1 aliphatic rings. The van der Waals surface area contributed by atoms with Crippen LogP contribution in [0, 0.1) is 19.8 Å². The molecule has 1 saturated heterocycles. The summed E-state index contributed by atoms with van der Waals surface area (Å²) in [5, 5.41) is 2.76. The highest BCUT2D eigenvalue weighted by atomic mass is 16.2. The molecule has 2 atom stereocenters. The number of aryl methyl sites for hydroxylation is 2. The van der Waals surface area contributed by atoms with Crippen LogP contribution in [0.4, 0.5) is 5.69 Å². The molecule has 4 heteroatoms. The molecular formula is C16H22N2O2. The van der Waals surface area contributed by atoms with E-state index in [0.29, 0.717) is 0 Å². The number of rotatable bonds is 2. The van der Waals surface area contributed by atoms with Crippen LogP contribution in [-0.2, 0) is 9.59 Å². The fourth-order valence-electron chi connectivity index (χ4n) is 2.59. The van der Waals surface area contributed by atoms with E-state index in [0.717, 1.165) is 11.3 Å². The van der Waals surface area contributed by atoms with Crippen molar-refractivity contribution in [3.8, 4) is 0 Å². The maximum absolute atomic E-state index is 12.5. The summed E-state index contributed by atoms with van der Waals surface area (Å²) in [6.07, 6.45) is 0. The Bertz CT molecular complexity index is 551. The van der Waals surface area contributed by atoms with Crippen LogP contribution >= 0.6 is 0 Å². The van der Waals surface area contributed by atoms with Gasteiger partial charge in [0.2, 0.25) is 11.8 Å². The lowest BCUT2D eigenvalue weighted by Crippen LogP contribution is -2.64. The summed E-state index contributed by atoms with van der Waals surface area (Å²) in [5.74, 6) is -0.0649. The Morgan fingerprint density at radius 3 is 2.35 bits per heavy atom. The molecule has 1 aromatic carbocycles. The number of hydrogen-bond donors (Lipinski definition) is 1. The second-order valence-electron chi connectivity index (χ2n) is 5.90. The van der Waals surface area contributed by atoms with E-state index in [1.165, 1.54) is 5.56 Å². The van der Waals surface area contributed by atoms with E-state index in [9.17, 15) is 9.59 Å². The van der Waals surface area contributed by atoms with Crippen LogP contribution in [0.3, 0.4) is 0 Å². The minimum atomic E-state index is -0.473. The van der Waals surface area contributed by atoms with Gasteiger partial charge in [-0.15, -0.1) is 0 Å². The first-order chi connectivity index (χ1) is 9.32. The van der Waals surface area contributed by atoms with E-state index >= 15 is 0 Å². The zero-order chi connectivity index (χ0) is 15.0. The average Bonchev–Trinajstić information content (AvgIpc) is 2.36. The monoisotopic (exact) mass is 274 g/mol. The molecule has 1 N–H and O–H groups in total. The standard InChI is InChI=1S/C16H22N2O2/c1-9(2)14-15(19)17-12(5)16(20)18(14)13-7-6-10(3)11(4)8-13/h6-9,12,14H,1-5H3,(H,17,19). The van der Waals surface area contributed by atoms with Gasteiger partial charge in [0.15, 0.2) is 0 Å². The fourth-order valence-corrected chi connectivity index (χ4v) is 2.59. The van der Waals surface area contributed by atoms with E-state index in [1.54, 1.807) is 11.8 Å². The largest absolute Gasteiger partial charge is 0.343 e. The molecule has 2 rings (SSSR count). The lowest BCUT2D eigenvalue weighted by Gasteiger charge is -2.40.